The molecule has 1 aromatic heterocycles. The number of hydrogen-bond acceptors (Lipinski definition) is 6. The summed E-state index contributed by atoms with van der Waals surface area (Å²) in [7, 11) is 0. The monoisotopic (exact) mass is 292 g/mol. The molecule has 104 valence electrons. The number of nitrogens with zero attached hydrogens (tertiary/aromatic N) is 1. The SMILES string of the molecule is Cc1cc(Sc2nc(N)cc(=O)[nH]2)cc(C(=O)O)c1N. The van der Waals surface area contributed by atoms with Gasteiger partial charge in [-0.1, -0.05) is 11.8 Å². The van der Waals surface area contributed by atoms with Crippen LogP contribution in [-0.2, 0) is 0 Å². The number of aryl methyl sites for hydroxylation is 1. The second-order valence-electron chi connectivity index (χ2n) is 4.08. The maximum absolute atomic E-state index is 11.3. The molecule has 0 saturated heterocycles. The number of nitrogens with two attached hydrogens (primary N) is 2. The largest absolute Gasteiger partial charge is 0.478 e. The summed E-state index contributed by atoms with van der Waals surface area (Å²) in [6.45, 7) is 1.71. The molecule has 0 spiro atoms. The molecule has 8 heteroatoms. The van der Waals surface area contributed by atoms with E-state index in [9.17, 15) is 9.59 Å². The number of anilines is 2. The molecule has 0 fully saturated rings. The van der Waals surface area contributed by atoms with Crippen LogP contribution < -0.4 is 17.0 Å². The van der Waals surface area contributed by atoms with Gasteiger partial charge in [-0.2, -0.15) is 0 Å². The van der Waals surface area contributed by atoms with Crippen LogP contribution in [0.5, 0.6) is 0 Å². The molecule has 1 heterocycles. The number of benzene rings is 1. The average Bonchev–Trinajstić information content (AvgIpc) is 2.31. The number of aromatic carboxylic acids is 1. The van der Waals surface area contributed by atoms with E-state index < -0.39 is 5.97 Å². The fraction of sp³-hybridized carbons (Fsp3) is 0.0833. The van der Waals surface area contributed by atoms with Gasteiger partial charge in [0, 0.05) is 16.6 Å². The Labute approximate surface area is 118 Å². The van der Waals surface area contributed by atoms with Gasteiger partial charge in [-0.3, -0.25) is 4.79 Å². The van der Waals surface area contributed by atoms with Gasteiger partial charge in [-0.25, -0.2) is 9.78 Å². The molecule has 0 aliphatic heterocycles. The minimum atomic E-state index is -1.11. The number of carboxylic acid groups (broad SMARTS) is 1. The van der Waals surface area contributed by atoms with Gasteiger partial charge in [0.2, 0.25) is 0 Å². The first kappa shape index (κ1) is 13.9. The van der Waals surface area contributed by atoms with E-state index in [0.29, 0.717) is 10.5 Å². The van der Waals surface area contributed by atoms with E-state index in [1.807, 2.05) is 0 Å². The lowest BCUT2D eigenvalue weighted by atomic mass is 10.1. The van der Waals surface area contributed by atoms with E-state index in [-0.39, 0.29) is 27.8 Å². The number of nitrogens with one attached hydrogen (secondary N) is 1. The van der Waals surface area contributed by atoms with Crippen LogP contribution in [0.25, 0.3) is 0 Å². The zero-order chi connectivity index (χ0) is 14.9. The first-order valence-electron chi connectivity index (χ1n) is 5.55. The standard InChI is InChI=1S/C12H12N4O3S/c1-5-2-6(3-7(10(5)14)11(18)19)20-12-15-8(13)4-9(17)16-12/h2-4H,14H2,1H3,(H,18,19)(H3,13,15,16,17). The number of carboxylic acids is 1. The highest BCUT2D eigenvalue weighted by Crippen LogP contribution is 2.29. The lowest BCUT2D eigenvalue weighted by Crippen LogP contribution is -2.09. The highest BCUT2D eigenvalue weighted by atomic mass is 32.2. The van der Waals surface area contributed by atoms with Gasteiger partial charge < -0.3 is 21.6 Å². The highest BCUT2D eigenvalue weighted by molar-refractivity contribution is 7.99. The molecule has 0 aliphatic carbocycles. The van der Waals surface area contributed by atoms with Crippen molar-refractivity contribution in [2.45, 2.75) is 17.0 Å². The number of hydrogen-bond donors (Lipinski definition) is 4. The number of nitrogen functional groups attached to an aromatic ring is 2. The van der Waals surface area contributed by atoms with E-state index >= 15 is 0 Å². The Kier molecular flexibility index (Phi) is 3.66. The van der Waals surface area contributed by atoms with Crippen molar-refractivity contribution in [3.8, 4) is 0 Å². The fourth-order valence-electron chi connectivity index (χ4n) is 1.61. The quantitative estimate of drug-likeness (QED) is 0.491. The summed E-state index contributed by atoms with van der Waals surface area (Å²) < 4.78 is 0. The van der Waals surface area contributed by atoms with E-state index in [0.717, 1.165) is 11.8 Å². The van der Waals surface area contributed by atoms with Crippen molar-refractivity contribution in [2.75, 3.05) is 11.5 Å². The molecule has 2 aromatic rings. The lowest BCUT2D eigenvalue weighted by Gasteiger charge is -2.08. The number of rotatable bonds is 3. The van der Waals surface area contributed by atoms with Crippen molar-refractivity contribution in [3.05, 3.63) is 39.7 Å². The van der Waals surface area contributed by atoms with Gasteiger partial charge in [0.15, 0.2) is 5.16 Å². The summed E-state index contributed by atoms with van der Waals surface area (Å²) >= 11 is 1.10. The van der Waals surface area contributed by atoms with Gasteiger partial charge in [0.1, 0.15) is 5.82 Å². The minimum Gasteiger partial charge on any atom is -0.478 e. The van der Waals surface area contributed by atoms with Crippen molar-refractivity contribution < 1.29 is 9.90 Å². The van der Waals surface area contributed by atoms with Crippen LogP contribution in [0.15, 0.2) is 33.0 Å². The predicted molar refractivity (Wildman–Crippen MR) is 75.9 cm³/mol. The predicted octanol–water partition coefficient (Wildman–Crippen LogP) is 1.09. The summed E-state index contributed by atoms with van der Waals surface area (Å²) in [4.78, 5) is 29.5. The first-order valence-corrected chi connectivity index (χ1v) is 6.36. The maximum atomic E-state index is 11.3. The smallest absolute Gasteiger partial charge is 0.337 e. The Balaban J connectivity index is 2.43. The molecule has 6 N–H and O–H groups in total. The molecule has 0 amide bonds. The Hall–Kier alpha value is -2.48. The molecule has 0 saturated carbocycles. The Morgan fingerprint density at radius 1 is 1.35 bits per heavy atom. The molecular formula is C12H12N4O3S. The van der Waals surface area contributed by atoms with Crippen LogP contribution in [0.2, 0.25) is 0 Å². The normalized spacial score (nSPS) is 10.4. The van der Waals surface area contributed by atoms with Crippen LogP contribution in [0.3, 0.4) is 0 Å². The Bertz CT molecular complexity index is 742. The molecule has 1 aromatic carbocycles. The third-order valence-corrected chi connectivity index (χ3v) is 3.40. The van der Waals surface area contributed by atoms with Crippen molar-refractivity contribution in [3.63, 3.8) is 0 Å². The van der Waals surface area contributed by atoms with Gasteiger partial charge in [0.25, 0.3) is 5.56 Å². The van der Waals surface area contributed by atoms with E-state index in [4.69, 9.17) is 16.6 Å². The van der Waals surface area contributed by atoms with Crippen molar-refractivity contribution in [1.82, 2.24) is 9.97 Å². The fourth-order valence-corrected chi connectivity index (χ4v) is 2.55. The van der Waals surface area contributed by atoms with Crippen LogP contribution in [-0.4, -0.2) is 21.0 Å². The molecule has 20 heavy (non-hydrogen) atoms. The van der Waals surface area contributed by atoms with Gasteiger partial charge in [0.05, 0.1) is 5.56 Å². The van der Waals surface area contributed by atoms with Crippen LogP contribution >= 0.6 is 11.8 Å². The van der Waals surface area contributed by atoms with Crippen LogP contribution in [0, 0.1) is 6.92 Å². The summed E-state index contributed by atoms with van der Waals surface area (Å²) in [6.07, 6.45) is 0. The zero-order valence-corrected chi connectivity index (χ0v) is 11.3. The number of H-pyrrole nitrogens is 1. The van der Waals surface area contributed by atoms with E-state index in [1.54, 1.807) is 13.0 Å². The zero-order valence-electron chi connectivity index (χ0n) is 10.5. The molecule has 0 radical (unpaired) electrons. The van der Waals surface area contributed by atoms with Crippen LogP contribution in [0.4, 0.5) is 11.5 Å². The summed E-state index contributed by atoms with van der Waals surface area (Å²) in [5, 5.41) is 9.37. The molecule has 7 nitrogen and oxygen atoms in total. The second kappa shape index (κ2) is 5.25. The van der Waals surface area contributed by atoms with Gasteiger partial charge >= 0.3 is 5.97 Å². The van der Waals surface area contributed by atoms with Gasteiger partial charge in [-0.15, -0.1) is 0 Å². The summed E-state index contributed by atoms with van der Waals surface area (Å²) in [6, 6.07) is 4.31. The number of carbonyl (C=O) groups is 1. The molecular weight excluding hydrogens is 280 g/mol. The topological polar surface area (TPSA) is 135 Å². The number of aromatic amines is 1. The third-order valence-electron chi connectivity index (χ3n) is 2.55. The summed E-state index contributed by atoms with van der Waals surface area (Å²) in [5.74, 6) is -1.01. The van der Waals surface area contributed by atoms with Crippen molar-refractivity contribution in [2.24, 2.45) is 0 Å². The lowest BCUT2D eigenvalue weighted by molar-refractivity contribution is 0.0697. The minimum absolute atomic E-state index is 0.0127. The Morgan fingerprint density at radius 2 is 2.05 bits per heavy atom. The summed E-state index contributed by atoms with van der Waals surface area (Å²) in [5.41, 5.74) is 11.7. The van der Waals surface area contributed by atoms with Crippen LogP contribution in [0.1, 0.15) is 15.9 Å². The third kappa shape index (κ3) is 2.91. The average molecular weight is 292 g/mol. The second-order valence-corrected chi connectivity index (χ2v) is 5.15. The van der Waals surface area contributed by atoms with E-state index in [1.165, 1.54) is 12.1 Å². The highest BCUT2D eigenvalue weighted by Gasteiger charge is 2.13. The van der Waals surface area contributed by atoms with Gasteiger partial charge in [-0.05, 0) is 24.6 Å². The first-order chi connectivity index (χ1) is 9.36. The molecule has 0 bridgehead atoms. The van der Waals surface area contributed by atoms with E-state index in [2.05, 4.69) is 9.97 Å². The van der Waals surface area contributed by atoms with Crippen molar-refractivity contribution in [1.29, 1.82) is 0 Å². The Morgan fingerprint density at radius 3 is 2.65 bits per heavy atom. The number of aromatic nitrogens is 2. The molecule has 0 atom stereocenters. The molecule has 0 unspecified atom stereocenters. The van der Waals surface area contributed by atoms with Crippen molar-refractivity contribution >= 4 is 29.2 Å². The molecule has 2 rings (SSSR count). The maximum Gasteiger partial charge on any atom is 0.337 e. The molecule has 0 aliphatic rings.